The summed E-state index contributed by atoms with van der Waals surface area (Å²) >= 11 is 0. The molecule has 13 nitrogen and oxygen atoms in total. The van der Waals surface area contributed by atoms with E-state index in [9.17, 15) is 24.6 Å². The van der Waals surface area contributed by atoms with Crippen LogP contribution in [0.2, 0.25) is 0 Å². The second-order valence-corrected chi connectivity index (χ2v) is 8.96. The number of rotatable bonds is 14. The molecule has 43 heavy (non-hydrogen) atoms. The molecule has 2 atom stereocenters. The van der Waals surface area contributed by atoms with Crippen molar-refractivity contribution in [2.24, 2.45) is 5.10 Å². The summed E-state index contributed by atoms with van der Waals surface area (Å²) in [5.74, 6) is -0.788. The molecule has 0 saturated carbocycles. The number of methoxy groups -OCH3 is 1. The van der Waals surface area contributed by atoms with Crippen molar-refractivity contribution in [2.45, 2.75) is 25.1 Å². The molecule has 3 amide bonds. The number of carbonyl (C=O) groups is 3. The summed E-state index contributed by atoms with van der Waals surface area (Å²) in [6.07, 6.45) is 0.416. The Morgan fingerprint density at radius 2 is 1.70 bits per heavy atom. The van der Waals surface area contributed by atoms with Gasteiger partial charge in [-0.25, -0.2) is 10.2 Å². The molecule has 3 aromatic carbocycles. The number of phenols is 1. The van der Waals surface area contributed by atoms with Crippen molar-refractivity contribution in [1.29, 1.82) is 5.26 Å². The Morgan fingerprint density at radius 1 is 0.953 bits per heavy atom. The number of nitriles is 1. The van der Waals surface area contributed by atoms with Crippen LogP contribution in [-0.4, -0.2) is 66.7 Å². The number of nitrogens with one attached hydrogen (secondary N) is 3. The van der Waals surface area contributed by atoms with Gasteiger partial charge in [-0.2, -0.15) is 10.4 Å². The molecule has 0 spiro atoms. The molecule has 0 heterocycles. The van der Waals surface area contributed by atoms with Crippen LogP contribution in [0.5, 0.6) is 17.2 Å². The molecule has 5 N–H and O–H groups in total. The first-order valence-electron chi connectivity index (χ1n) is 13.0. The van der Waals surface area contributed by atoms with Gasteiger partial charge in [0.05, 0.1) is 19.9 Å². The van der Waals surface area contributed by atoms with E-state index in [2.05, 4.69) is 21.2 Å². The van der Waals surface area contributed by atoms with Crippen molar-refractivity contribution in [3.8, 4) is 23.3 Å². The number of aliphatic hydroxyl groups is 1. The highest BCUT2D eigenvalue weighted by atomic mass is 16.5. The average molecular weight is 590 g/mol. The van der Waals surface area contributed by atoms with Crippen LogP contribution < -0.4 is 25.5 Å². The molecule has 0 saturated heterocycles. The third-order valence-corrected chi connectivity index (χ3v) is 5.88. The second kappa shape index (κ2) is 16.6. The highest BCUT2D eigenvalue weighted by Gasteiger charge is 2.27. The third-order valence-electron chi connectivity index (χ3n) is 5.88. The SMILES string of the molecule is COc1cc(/C=N\NC(=O)[C@H](Cc2ccc(O)cc2)NC(=O)[C@H](CO)NC(=O)OCc2ccccc2)ccc1OCC#N. The Balaban J connectivity index is 1.67. The molecule has 224 valence electrons. The van der Waals surface area contributed by atoms with E-state index in [1.54, 1.807) is 54.6 Å². The molecular weight excluding hydrogens is 558 g/mol. The fraction of sp³-hybridized carbons (Fsp3) is 0.233. The second-order valence-electron chi connectivity index (χ2n) is 8.96. The summed E-state index contributed by atoms with van der Waals surface area (Å²) in [4.78, 5) is 38.3. The summed E-state index contributed by atoms with van der Waals surface area (Å²) in [6.45, 7) is -0.957. The quantitative estimate of drug-likeness (QED) is 0.138. The third kappa shape index (κ3) is 10.4. The maximum atomic E-state index is 13.1. The Morgan fingerprint density at radius 3 is 2.37 bits per heavy atom. The lowest BCUT2D eigenvalue weighted by atomic mass is 10.0. The number of alkyl carbamates (subject to hydrolysis) is 1. The highest BCUT2D eigenvalue weighted by Crippen LogP contribution is 2.27. The number of amides is 3. The van der Waals surface area contributed by atoms with Crippen molar-refractivity contribution in [1.82, 2.24) is 16.1 Å². The standard InChI is InChI=1S/C30H31N5O8/c1-41-27-16-22(9-12-26(27)42-14-13-31)17-32-35-29(39)24(15-20-7-10-23(37)11-8-20)33-28(38)25(18-36)34-30(40)43-19-21-5-3-2-4-6-21/h2-12,16-17,24-25,36-37H,14-15,18-19H2,1H3,(H,33,38)(H,34,40)(H,35,39)/b32-17-/t24-,25-/m0/s1. The molecule has 0 aromatic heterocycles. The van der Waals surface area contributed by atoms with Crippen LogP contribution in [0, 0.1) is 11.3 Å². The van der Waals surface area contributed by atoms with Gasteiger partial charge in [0.15, 0.2) is 18.1 Å². The Kier molecular flexibility index (Phi) is 12.3. The lowest BCUT2D eigenvalue weighted by molar-refractivity contribution is -0.130. The Bertz CT molecular complexity index is 1440. The van der Waals surface area contributed by atoms with Crippen molar-refractivity contribution in [2.75, 3.05) is 20.3 Å². The molecule has 0 aliphatic heterocycles. The van der Waals surface area contributed by atoms with Gasteiger partial charge in [0.25, 0.3) is 5.91 Å². The molecular formula is C30H31N5O8. The summed E-state index contributed by atoms with van der Waals surface area (Å²) in [5, 5.41) is 36.8. The number of aliphatic hydroxyl groups excluding tert-OH is 1. The maximum absolute atomic E-state index is 13.1. The van der Waals surface area contributed by atoms with Gasteiger partial charge in [0.2, 0.25) is 5.91 Å². The fourth-order valence-electron chi connectivity index (χ4n) is 3.69. The lowest BCUT2D eigenvalue weighted by Crippen LogP contribution is -2.55. The Hall–Kier alpha value is -5.61. The Labute approximate surface area is 247 Å². The van der Waals surface area contributed by atoms with Gasteiger partial charge in [-0.15, -0.1) is 0 Å². The zero-order valence-corrected chi connectivity index (χ0v) is 23.2. The first-order valence-corrected chi connectivity index (χ1v) is 13.0. The van der Waals surface area contributed by atoms with Crippen molar-refractivity contribution >= 4 is 24.1 Å². The molecule has 0 aliphatic rings. The number of hydrogen-bond acceptors (Lipinski definition) is 10. The van der Waals surface area contributed by atoms with Crippen molar-refractivity contribution < 1.29 is 38.8 Å². The number of phenolic OH excluding ortho intramolecular Hbond substituents is 1. The summed E-state index contributed by atoms with van der Waals surface area (Å²) in [7, 11) is 1.44. The van der Waals surface area contributed by atoms with Gasteiger partial charge in [0.1, 0.15) is 30.5 Å². The molecule has 0 bridgehead atoms. The van der Waals surface area contributed by atoms with Gasteiger partial charge in [0, 0.05) is 6.42 Å². The average Bonchev–Trinajstić information content (AvgIpc) is 3.02. The van der Waals surface area contributed by atoms with E-state index in [-0.39, 0.29) is 25.4 Å². The van der Waals surface area contributed by atoms with E-state index < -0.39 is 36.6 Å². The van der Waals surface area contributed by atoms with Gasteiger partial charge in [-0.3, -0.25) is 9.59 Å². The van der Waals surface area contributed by atoms with Crippen molar-refractivity contribution in [3.05, 3.63) is 89.5 Å². The first-order chi connectivity index (χ1) is 20.8. The van der Waals surface area contributed by atoms with Crippen LogP contribution in [0.1, 0.15) is 16.7 Å². The minimum atomic E-state index is -1.41. The molecule has 0 fully saturated rings. The predicted molar refractivity (Wildman–Crippen MR) is 154 cm³/mol. The van der Waals surface area contributed by atoms with Crippen molar-refractivity contribution in [3.63, 3.8) is 0 Å². The van der Waals surface area contributed by atoms with Crippen LogP contribution in [-0.2, 0) is 27.4 Å². The number of carbonyl (C=O) groups excluding carboxylic acids is 3. The van der Waals surface area contributed by atoms with Gasteiger partial charge < -0.3 is 35.1 Å². The maximum Gasteiger partial charge on any atom is 0.408 e. The van der Waals surface area contributed by atoms with E-state index in [1.165, 1.54) is 25.5 Å². The lowest BCUT2D eigenvalue weighted by Gasteiger charge is -2.21. The molecule has 0 aliphatic carbocycles. The molecule has 3 aromatic rings. The van der Waals surface area contributed by atoms with E-state index in [0.717, 1.165) is 5.56 Å². The van der Waals surface area contributed by atoms with E-state index in [0.29, 0.717) is 22.6 Å². The summed E-state index contributed by atoms with van der Waals surface area (Å²) < 4.78 is 15.7. The number of aromatic hydroxyl groups is 1. The van der Waals surface area contributed by atoms with E-state index in [1.807, 2.05) is 12.1 Å². The van der Waals surface area contributed by atoms with Gasteiger partial charge >= 0.3 is 6.09 Å². The number of benzene rings is 3. The zero-order chi connectivity index (χ0) is 31.0. The molecule has 0 unspecified atom stereocenters. The van der Waals surface area contributed by atoms with Crippen LogP contribution >= 0.6 is 0 Å². The minimum Gasteiger partial charge on any atom is -0.508 e. The summed E-state index contributed by atoms with van der Waals surface area (Å²) in [6, 6.07) is 19.0. The number of nitrogens with zero attached hydrogens (tertiary/aromatic N) is 2. The van der Waals surface area contributed by atoms with Gasteiger partial charge in [-0.05, 0) is 47.0 Å². The minimum absolute atomic E-state index is 0.00271. The van der Waals surface area contributed by atoms with Crippen LogP contribution in [0.4, 0.5) is 4.79 Å². The molecule has 0 radical (unpaired) electrons. The van der Waals surface area contributed by atoms with Crippen LogP contribution in [0.15, 0.2) is 77.9 Å². The predicted octanol–water partition coefficient (Wildman–Crippen LogP) is 1.77. The van der Waals surface area contributed by atoms with Crippen LogP contribution in [0.3, 0.4) is 0 Å². The fourth-order valence-corrected chi connectivity index (χ4v) is 3.69. The highest BCUT2D eigenvalue weighted by molar-refractivity contribution is 5.92. The number of hydrogen-bond donors (Lipinski definition) is 5. The topological polar surface area (TPSA) is 192 Å². The van der Waals surface area contributed by atoms with Gasteiger partial charge in [-0.1, -0.05) is 42.5 Å². The smallest absolute Gasteiger partial charge is 0.408 e. The van der Waals surface area contributed by atoms with E-state index in [4.69, 9.17) is 19.5 Å². The first kappa shape index (κ1) is 31.9. The summed E-state index contributed by atoms with van der Waals surface area (Å²) in [5.41, 5.74) is 4.25. The normalized spacial score (nSPS) is 11.9. The number of ether oxygens (including phenoxy) is 3. The molecule has 13 heteroatoms. The zero-order valence-electron chi connectivity index (χ0n) is 23.2. The number of hydrazone groups is 1. The molecule has 3 rings (SSSR count). The van der Waals surface area contributed by atoms with Crippen LogP contribution in [0.25, 0.3) is 0 Å². The van der Waals surface area contributed by atoms with E-state index >= 15 is 0 Å². The largest absolute Gasteiger partial charge is 0.508 e. The monoisotopic (exact) mass is 589 g/mol.